The Labute approximate surface area is 183 Å². The number of carbonyl (C=O) groups excluding carboxylic acids is 1. The summed E-state index contributed by atoms with van der Waals surface area (Å²) in [4.78, 5) is 17.7. The molecule has 0 aliphatic rings. The number of nitrogens with zero attached hydrogens (tertiary/aromatic N) is 4. The maximum Gasteiger partial charge on any atom is 0.257 e. The van der Waals surface area contributed by atoms with Crippen LogP contribution in [0.1, 0.15) is 15.9 Å². The Balaban J connectivity index is 1.74. The second kappa shape index (κ2) is 8.65. The van der Waals surface area contributed by atoms with Crippen molar-refractivity contribution >= 4 is 22.6 Å². The number of rotatable bonds is 6. The fourth-order valence-electron chi connectivity index (χ4n) is 3.29. The minimum absolute atomic E-state index is 0.195. The first-order valence-corrected chi connectivity index (χ1v) is 9.55. The highest BCUT2D eigenvalue weighted by molar-refractivity contribution is 6.05. The van der Waals surface area contributed by atoms with Gasteiger partial charge in [0.15, 0.2) is 23.1 Å². The molecule has 0 unspecified atom stereocenters. The number of pyridine rings is 1. The molecule has 0 atom stereocenters. The van der Waals surface area contributed by atoms with E-state index in [1.807, 2.05) is 36.4 Å². The first kappa shape index (κ1) is 20.7. The van der Waals surface area contributed by atoms with Gasteiger partial charge >= 0.3 is 0 Å². The second-order valence-corrected chi connectivity index (χ2v) is 6.66. The third kappa shape index (κ3) is 3.65. The van der Waals surface area contributed by atoms with Crippen LogP contribution in [0, 0.1) is 11.3 Å². The van der Waals surface area contributed by atoms with Gasteiger partial charge in [-0.3, -0.25) is 4.79 Å². The Bertz CT molecular complexity index is 1330. The number of carbonyl (C=O) groups is 1. The van der Waals surface area contributed by atoms with Crippen LogP contribution in [0.2, 0.25) is 0 Å². The minimum atomic E-state index is -0.483. The van der Waals surface area contributed by atoms with E-state index in [4.69, 9.17) is 14.2 Å². The Morgan fingerprint density at radius 1 is 1.03 bits per heavy atom. The molecule has 9 heteroatoms. The van der Waals surface area contributed by atoms with Crippen LogP contribution in [-0.2, 0) is 0 Å². The van der Waals surface area contributed by atoms with Gasteiger partial charge in [0, 0.05) is 10.9 Å². The maximum atomic E-state index is 13.1. The lowest BCUT2D eigenvalue weighted by Crippen LogP contribution is -2.17. The second-order valence-electron chi connectivity index (χ2n) is 6.66. The Kier molecular flexibility index (Phi) is 5.59. The fraction of sp³-hybridized carbons (Fsp3) is 0.130. The number of methoxy groups -OCH3 is 3. The summed E-state index contributed by atoms with van der Waals surface area (Å²) in [7, 11) is 4.41. The highest BCUT2D eigenvalue weighted by Gasteiger charge is 2.21. The third-order valence-corrected chi connectivity index (χ3v) is 4.85. The summed E-state index contributed by atoms with van der Waals surface area (Å²) in [6, 6.07) is 16.4. The van der Waals surface area contributed by atoms with Crippen molar-refractivity contribution < 1.29 is 19.0 Å². The molecule has 0 bridgehead atoms. The van der Waals surface area contributed by atoms with Gasteiger partial charge in [-0.05, 0) is 30.3 Å². The van der Waals surface area contributed by atoms with Crippen LogP contribution in [0.25, 0.3) is 16.7 Å². The van der Waals surface area contributed by atoms with Crippen molar-refractivity contribution in [1.29, 1.82) is 5.26 Å². The Morgan fingerprint density at radius 3 is 2.41 bits per heavy atom. The van der Waals surface area contributed by atoms with Crippen LogP contribution >= 0.6 is 0 Å². The molecule has 4 aromatic rings. The molecule has 160 valence electrons. The van der Waals surface area contributed by atoms with Crippen molar-refractivity contribution in [2.45, 2.75) is 0 Å². The van der Waals surface area contributed by atoms with Crippen molar-refractivity contribution in [3.8, 4) is 29.1 Å². The summed E-state index contributed by atoms with van der Waals surface area (Å²) in [5.74, 6) is 1.22. The van der Waals surface area contributed by atoms with Gasteiger partial charge in [-0.15, -0.1) is 0 Å². The van der Waals surface area contributed by atoms with Gasteiger partial charge in [0.1, 0.15) is 11.6 Å². The quantitative estimate of drug-likeness (QED) is 0.499. The first-order chi connectivity index (χ1) is 15.6. The molecular formula is C23H19N5O4. The Morgan fingerprint density at radius 2 is 1.75 bits per heavy atom. The van der Waals surface area contributed by atoms with Gasteiger partial charge in [-0.1, -0.05) is 18.2 Å². The lowest BCUT2D eigenvalue weighted by molar-refractivity contribution is 0.102. The van der Waals surface area contributed by atoms with Crippen molar-refractivity contribution in [2.24, 2.45) is 0 Å². The number of anilines is 1. The molecule has 9 nitrogen and oxygen atoms in total. The molecular weight excluding hydrogens is 410 g/mol. The van der Waals surface area contributed by atoms with Crippen LogP contribution in [-0.4, -0.2) is 42.0 Å². The molecule has 2 aromatic heterocycles. The molecule has 0 aliphatic carbocycles. The van der Waals surface area contributed by atoms with Gasteiger partial charge in [-0.25, -0.2) is 4.98 Å². The smallest absolute Gasteiger partial charge is 0.257 e. The zero-order valence-electron chi connectivity index (χ0n) is 17.6. The summed E-state index contributed by atoms with van der Waals surface area (Å²) in [6.45, 7) is 0. The molecule has 0 saturated heterocycles. The van der Waals surface area contributed by atoms with Crippen LogP contribution in [0.5, 0.6) is 17.2 Å². The highest BCUT2D eigenvalue weighted by atomic mass is 16.5. The zero-order chi connectivity index (χ0) is 22.7. The van der Waals surface area contributed by atoms with Gasteiger partial charge < -0.3 is 19.5 Å². The first-order valence-electron chi connectivity index (χ1n) is 9.55. The number of para-hydroxylation sites is 1. The number of benzene rings is 2. The van der Waals surface area contributed by atoms with E-state index in [0.29, 0.717) is 23.1 Å². The van der Waals surface area contributed by atoms with Gasteiger partial charge in [0.2, 0.25) is 5.75 Å². The highest BCUT2D eigenvalue weighted by Crippen LogP contribution is 2.38. The SMILES string of the molecule is COc1cc(C(=O)Nc2c(C#N)cnn2-c2ccc3ccccc3n2)cc(OC)c1OC. The normalized spacial score (nSPS) is 10.4. The molecule has 0 aliphatic heterocycles. The fourth-order valence-corrected chi connectivity index (χ4v) is 3.29. The summed E-state index contributed by atoms with van der Waals surface area (Å²) in [5, 5.41) is 17.5. The van der Waals surface area contributed by atoms with Gasteiger partial charge in [0.25, 0.3) is 5.91 Å². The van der Waals surface area contributed by atoms with E-state index in [1.54, 1.807) is 6.07 Å². The molecule has 1 amide bonds. The lowest BCUT2D eigenvalue weighted by atomic mass is 10.1. The number of hydrogen-bond donors (Lipinski definition) is 1. The molecule has 0 fully saturated rings. The van der Waals surface area contributed by atoms with Crippen molar-refractivity contribution in [2.75, 3.05) is 26.6 Å². The van der Waals surface area contributed by atoms with E-state index in [9.17, 15) is 10.1 Å². The minimum Gasteiger partial charge on any atom is -0.493 e. The average Bonchev–Trinajstić information content (AvgIpc) is 3.24. The molecule has 0 spiro atoms. The van der Waals surface area contributed by atoms with Crippen LogP contribution in [0.3, 0.4) is 0 Å². The predicted octanol–water partition coefficient (Wildman–Crippen LogP) is 3.57. The molecule has 1 N–H and O–H groups in total. The standard InChI is InChI=1S/C23H19N5O4/c1-30-18-10-15(11-19(31-2)21(18)32-3)23(29)27-22-16(12-24)13-25-28(22)20-9-8-14-6-4-5-7-17(14)26-20/h4-11,13H,1-3H3,(H,27,29). The van der Waals surface area contributed by atoms with E-state index in [1.165, 1.54) is 44.3 Å². The number of amides is 1. The summed E-state index contributed by atoms with van der Waals surface area (Å²) < 4.78 is 17.4. The summed E-state index contributed by atoms with van der Waals surface area (Å²) in [6.07, 6.45) is 1.38. The van der Waals surface area contributed by atoms with Crippen molar-refractivity contribution in [3.63, 3.8) is 0 Å². The molecule has 0 radical (unpaired) electrons. The number of nitrogens with one attached hydrogen (secondary N) is 1. The van der Waals surface area contributed by atoms with Crippen LogP contribution < -0.4 is 19.5 Å². The summed E-state index contributed by atoms with van der Waals surface area (Å²) >= 11 is 0. The molecule has 2 aromatic carbocycles. The number of nitriles is 1. The van der Waals surface area contributed by atoms with Crippen LogP contribution in [0.15, 0.2) is 54.7 Å². The topological polar surface area (TPSA) is 111 Å². The predicted molar refractivity (Wildman–Crippen MR) is 118 cm³/mol. The van der Waals surface area contributed by atoms with E-state index in [-0.39, 0.29) is 16.9 Å². The zero-order valence-corrected chi connectivity index (χ0v) is 17.6. The largest absolute Gasteiger partial charge is 0.493 e. The number of hydrogen-bond acceptors (Lipinski definition) is 7. The van der Waals surface area contributed by atoms with Crippen molar-refractivity contribution in [1.82, 2.24) is 14.8 Å². The van der Waals surface area contributed by atoms with Gasteiger partial charge in [0.05, 0.1) is 33.0 Å². The number of fused-ring (bicyclic) bond motifs is 1. The van der Waals surface area contributed by atoms with E-state index >= 15 is 0 Å². The molecule has 2 heterocycles. The van der Waals surface area contributed by atoms with E-state index in [2.05, 4.69) is 15.4 Å². The average molecular weight is 429 g/mol. The Hall–Kier alpha value is -4.58. The molecule has 32 heavy (non-hydrogen) atoms. The number of aromatic nitrogens is 3. The van der Waals surface area contributed by atoms with E-state index < -0.39 is 5.91 Å². The van der Waals surface area contributed by atoms with E-state index in [0.717, 1.165) is 10.9 Å². The third-order valence-electron chi connectivity index (χ3n) is 4.85. The summed E-state index contributed by atoms with van der Waals surface area (Å²) in [5.41, 5.74) is 1.21. The molecule has 0 saturated carbocycles. The van der Waals surface area contributed by atoms with Crippen LogP contribution in [0.4, 0.5) is 5.82 Å². The lowest BCUT2D eigenvalue weighted by Gasteiger charge is -2.14. The van der Waals surface area contributed by atoms with Gasteiger partial charge in [-0.2, -0.15) is 15.0 Å². The van der Waals surface area contributed by atoms with Crippen molar-refractivity contribution in [3.05, 3.63) is 65.9 Å². The molecule has 4 rings (SSSR count). The number of ether oxygens (including phenoxy) is 3. The monoisotopic (exact) mass is 429 g/mol. The maximum absolute atomic E-state index is 13.1.